The van der Waals surface area contributed by atoms with Crippen LogP contribution in [-0.4, -0.2) is 42.0 Å². The van der Waals surface area contributed by atoms with Crippen molar-refractivity contribution in [3.05, 3.63) is 35.9 Å². The first-order valence-corrected chi connectivity index (χ1v) is 14.9. The van der Waals surface area contributed by atoms with Gasteiger partial charge in [0.2, 0.25) is 0 Å². The van der Waals surface area contributed by atoms with E-state index in [1.807, 2.05) is 6.07 Å². The molecule has 220 valence electrons. The van der Waals surface area contributed by atoms with Crippen LogP contribution in [0.5, 0.6) is 0 Å². The third-order valence-corrected chi connectivity index (χ3v) is 12.2. The number of ether oxygens (including phenoxy) is 3. The van der Waals surface area contributed by atoms with Crippen LogP contribution in [0.25, 0.3) is 0 Å². The van der Waals surface area contributed by atoms with Gasteiger partial charge in [0.05, 0.1) is 6.61 Å². The molecule has 4 bridgehead atoms. The summed E-state index contributed by atoms with van der Waals surface area (Å²) in [4.78, 5) is 40.7. The zero-order valence-corrected chi connectivity index (χ0v) is 25.1. The molecule has 4 aliphatic carbocycles. The Morgan fingerprint density at radius 3 is 1.85 bits per heavy atom. The lowest BCUT2D eigenvalue weighted by molar-refractivity contribution is -0.151. The third kappa shape index (κ3) is 4.28. The van der Waals surface area contributed by atoms with Crippen LogP contribution < -0.4 is 5.43 Å². The Morgan fingerprint density at radius 1 is 0.875 bits per heavy atom. The molecule has 0 heterocycles. The number of fused-ring (bicyclic) bond motifs is 4. The van der Waals surface area contributed by atoms with Crippen LogP contribution in [0.15, 0.2) is 30.3 Å². The van der Waals surface area contributed by atoms with Gasteiger partial charge in [-0.25, -0.2) is 19.8 Å². The number of benzene rings is 1. The molecule has 40 heavy (non-hydrogen) atoms. The van der Waals surface area contributed by atoms with Gasteiger partial charge in [-0.15, -0.1) is 0 Å². The molecule has 0 spiro atoms. The van der Waals surface area contributed by atoms with Crippen LogP contribution in [-0.2, 0) is 19.0 Å². The van der Waals surface area contributed by atoms with Crippen LogP contribution in [0.1, 0.15) is 98.6 Å². The number of esters is 1. The van der Waals surface area contributed by atoms with Gasteiger partial charge in [-0.3, -0.25) is 0 Å². The standard InChI is InChI=1S/C32H46N2O6/c1-8-38-26(35)25(20-12-10-9-11-13-20)34(28(37)40-24-19-22-15-17-32(24,7)30(22,4)5)33-27(36)39-23-18-21-14-16-31(23,6)29(21,2)3/h9-13,21-25H,8,14-19H2,1-7H3,(H,33,36)/t21-,22-,23+,24+,25?,31+,32+/m0/s1. The summed E-state index contributed by atoms with van der Waals surface area (Å²) >= 11 is 0. The molecule has 8 nitrogen and oxygen atoms in total. The molecule has 1 aromatic carbocycles. The van der Waals surface area contributed by atoms with E-state index in [0.717, 1.165) is 43.5 Å². The zero-order chi connectivity index (χ0) is 29.1. The zero-order valence-electron chi connectivity index (χ0n) is 25.1. The van der Waals surface area contributed by atoms with E-state index < -0.39 is 24.2 Å². The molecular weight excluding hydrogens is 508 g/mol. The number of carbonyl (C=O) groups excluding carboxylic acids is 3. The Labute approximate surface area is 238 Å². The fourth-order valence-electron chi connectivity index (χ4n) is 8.51. The number of nitrogens with one attached hydrogen (secondary N) is 1. The molecule has 1 unspecified atom stereocenters. The number of hydrogen-bond acceptors (Lipinski definition) is 6. The second-order valence-corrected chi connectivity index (χ2v) is 14.0. The van der Waals surface area contributed by atoms with E-state index in [1.165, 1.54) is 0 Å². The fourth-order valence-corrected chi connectivity index (χ4v) is 8.51. The van der Waals surface area contributed by atoms with Gasteiger partial charge < -0.3 is 14.2 Å². The van der Waals surface area contributed by atoms with Crippen LogP contribution in [0, 0.1) is 33.5 Å². The molecule has 5 rings (SSSR count). The van der Waals surface area contributed by atoms with Gasteiger partial charge in [0.1, 0.15) is 12.2 Å². The largest absolute Gasteiger partial charge is 0.464 e. The van der Waals surface area contributed by atoms with Gasteiger partial charge in [0.15, 0.2) is 6.04 Å². The van der Waals surface area contributed by atoms with Gasteiger partial charge in [0, 0.05) is 10.8 Å². The smallest absolute Gasteiger partial charge is 0.430 e. The number of amides is 2. The normalized spacial score (nSPS) is 35.2. The number of rotatable bonds is 6. The molecule has 7 atom stereocenters. The van der Waals surface area contributed by atoms with Crippen molar-refractivity contribution in [2.75, 3.05) is 6.61 Å². The molecular formula is C32H46N2O6. The highest BCUT2D eigenvalue weighted by Gasteiger charge is 2.64. The minimum atomic E-state index is -1.23. The molecule has 0 aromatic heterocycles. The topological polar surface area (TPSA) is 94.2 Å². The highest BCUT2D eigenvalue weighted by molar-refractivity contribution is 5.84. The van der Waals surface area contributed by atoms with Crippen LogP contribution in [0.2, 0.25) is 0 Å². The highest BCUT2D eigenvalue weighted by Crippen LogP contribution is 2.67. The van der Waals surface area contributed by atoms with Crippen molar-refractivity contribution in [3.8, 4) is 0 Å². The van der Waals surface area contributed by atoms with E-state index in [0.29, 0.717) is 17.4 Å². The summed E-state index contributed by atoms with van der Waals surface area (Å²) in [6, 6.07) is 7.62. The van der Waals surface area contributed by atoms with Crippen LogP contribution >= 0.6 is 0 Å². The Bertz CT molecular complexity index is 1150. The molecule has 0 aliphatic heterocycles. The average Bonchev–Trinajstić information content (AvgIpc) is 3.41. The minimum absolute atomic E-state index is 0.0269. The second kappa shape index (κ2) is 9.95. The van der Waals surface area contributed by atoms with Gasteiger partial charge >= 0.3 is 18.2 Å². The average molecular weight is 555 g/mol. The predicted octanol–water partition coefficient (Wildman–Crippen LogP) is 6.80. The number of hydrazine groups is 1. The van der Waals surface area contributed by atoms with Crippen molar-refractivity contribution >= 4 is 18.2 Å². The Balaban J connectivity index is 1.41. The summed E-state index contributed by atoms with van der Waals surface area (Å²) in [6.07, 6.45) is 3.59. The summed E-state index contributed by atoms with van der Waals surface area (Å²) in [6.45, 7) is 15.2. The lowest BCUT2D eigenvalue weighted by Crippen LogP contribution is -2.54. The lowest BCUT2D eigenvalue weighted by Gasteiger charge is -2.40. The van der Waals surface area contributed by atoms with E-state index in [1.54, 1.807) is 31.2 Å². The minimum Gasteiger partial charge on any atom is -0.464 e. The fraction of sp³-hybridized carbons (Fsp3) is 0.719. The van der Waals surface area contributed by atoms with Crippen LogP contribution in [0.4, 0.5) is 9.59 Å². The predicted molar refractivity (Wildman–Crippen MR) is 150 cm³/mol. The van der Waals surface area contributed by atoms with E-state index in [9.17, 15) is 14.4 Å². The maximum Gasteiger partial charge on any atom is 0.430 e. The van der Waals surface area contributed by atoms with Gasteiger partial charge in [-0.2, -0.15) is 5.01 Å². The molecule has 1 aromatic rings. The summed E-state index contributed by atoms with van der Waals surface area (Å²) in [5.41, 5.74) is 2.88. The highest BCUT2D eigenvalue weighted by atomic mass is 16.6. The number of carbonyl (C=O) groups is 3. The van der Waals surface area contributed by atoms with E-state index in [-0.39, 0.29) is 40.5 Å². The Kier molecular flexibility index (Phi) is 7.15. The summed E-state index contributed by atoms with van der Waals surface area (Å²) in [7, 11) is 0. The first-order valence-electron chi connectivity index (χ1n) is 14.9. The first kappa shape index (κ1) is 28.7. The van der Waals surface area contributed by atoms with Crippen molar-refractivity contribution in [2.24, 2.45) is 33.5 Å². The van der Waals surface area contributed by atoms with E-state index in [4.69, 9.17) is 14.2 Å². The maximum atomic E-state index is 13.9. The molecule has 1 N–H and O–H groups in total. The number of hydrogen-bond donors (Lipinski definition) is 1. The maximum absolute atomic E-state index is 13.9. The molecule has 4 saturated carbocycles. The van der Waals surface area contributed by atoms with Crippen molar-refractivity contribution in [3.63, 3.8) is 0 Å². The van der Waals surface area contributed by atoms with E-state index >= 15 is 0 Å². The van der Waals surface area contributed by atoms with Crippen molar-refractivity contribution in [2.45, 2.75) is 105 Å². The summed E-state index contributed by atoms with van der Waals surface area (Å²) in [5.74, 6) is 0.284. The van der Waals surface area contributed by atoms with Crippen LogP contribution in [0.3, 0.4) is 0 Å². The van der Waals surface area contributed by atoms with Crippen molar-refractivity contribution < 1.29 is 28.6 Å². The molecule has 0 saturated heterocycles. The number of nitrogens with zero attached hydrogens (tertiary/aromatic N) is 1. The van der Waals surface area contributed by atoms with Crippen molar-refractivity contribution in [1.82, 2.24) is 10.4 Å². The quantitative estimate of drug-likeness (QED) is 0.236. The lowest BCUT2D eigenvalue weighted by atomic mass is 9.70. The molecule has 8 heteroatoms. The molecule has 0 radical (unpaired) electrons. The van der Waals surface area contributed by atoms with Gasteiger partial charge in [0.25, 0.3) is 0 Å². The molecule has 4 aliphatic rings. The van der Waals surface area contributed by atoms with Gasteiger partial charge in [-0.05, 0) is 73.7 Å². The summed E-state index contributed by atoms with van der Waals surface area (Å²) in [5, 5.41) is 0.985. The molecule has 4 fully saturated rings. The Morgan fingerprint density at radius 2 is 1.40 bits per heavy atom. The van der Waals surface area contributed by atoms with Gasteiger partial charge in [-0.1, -0.05) is 71.9 Å². The Hall–Kier alpha value is -2.77. The van der Waals surface area contributed by atoms with Crippen molar-refractivity contribution in [1.29, 1.82) is 0 Å². The SMILES string of the molecule is CCOC(=O)C(c1ccccc1)N(NC(=O)O[C@@H]1C[C@@H]2CC[C@@]1(C)C2(C)C)C(=O)O[C@@H]1C[C@@H]2CC[C@@]1(C)C2(C)C. The van der Waals surface area contributed by atoms with E-state index in [2.05, 4.69) is 47.0 Å². The second-order valence-electron chi connectivity index (χ2n) is 14.0. The monoisotopic (exact) mass is 554 g/mol. The first-order chi connectivity index (χ1) is 18.8. The molecule has 2 amide bonds. The third-order valence-electron chi connectivity index (χ3n) is 12.2. The summed E-state index contributed by atoms with van der Waals surface area (Å²) < 4.78 is 17.5.